The van der Waals surface area contributed by atoms with Crippen molar-refractivity contribution < 1.29 is 22.7 Å². The second kappa shape index (κ2) is 8.34. The van der Waals surface area contributed by atoms with Crippen molar-refractivity contribution in [3.63, 3.8) is 0 Å². The molecule has 2 saturated heterocycles. The van der Waals surface area contributed by atoms with E-state index in [1.807, 2.05) is 6.07 Å². The van der Waals surface area contributed by atoms with Crippen LogP contribution in [0.2, 0.25) is 0 Å². The van der Waals surface area contributed by atoms with Crippen LogP contribution in [0.25, 0.3) is 22.3 Å². The number of halogens is 3. The number of hydrogen-bond donors (Lipinski definition) is 2. The first-order chi connectivity index (χ1) is 19.2. The van der Waals surface area contributed by atoms with Crippen LogP contribution in [-0.2, 0) is 11.3 Å². The number of H-pyrrole nitrogens is 1. The van der Waals surface area contributed by atoms with Crippen LogP contribution >= 0.6 is 0 Å². The van der Waals surface area contributed by atoms with E-state index in [0.29, 0.717) is 42.4 Å². The van der Waals surface area contributed by atoms with Gasteiger partial charge in [0.2, 0.25) is 0 Å². The number of pyridine rings is 1. The molecule has 0 radical (unpaired) electrons. The van der Waals surface area contributed by atoms with Crippen molar-refractivity contribution in [2.75, 3.05) is 29.9 Å². The van der Waals surface area contributed by atoms with Crippen LogP contribution in [0, 0.1) is 0 Å². The van der Waals surface area contributed by atoms with Gasteiger partial charge in [-0.2, -0.15) is 10.2 Å². The molecule has 8 rings (SSSR count). The van der Waals surface area contributed by atoms with Crippen molar-refractivity contribution in [3.8, 4) is 11.4 Å². The summed E-state index contributed by atoms with van der Waals surface area (Å²) in [7, 11) is 0. The highest BCUT2D eigenvalue weighted by Crippen LogP contribution is 2.51. The number of nitrogens with one attached hydrogen (secondary N) is 2. The summed E-state index contributed by atoms with van der Waals surface area (Å²) < 4.78 is 51.0. The second-order valence-electron chi connectivity index (χ2n) is 12.3. The van der Waals surface area contributed by atoms with Crippen LogP contribution in [0.5, 0.6) is 0 Å². The highest BCUT2D eigenvalue weighted by molar-refractivity contribution is 5.96. The van der Waals surface area contributed by atoms with Gasteiger partial charge in [0.05, 0.1) is 53.8 Å². The fraction of sp³-hybridized carbons (Fsp3) is 0.630. The van der Waals surface area contributed by atoms with Crippen molar-refractivity contribution >= 4 is 28.4 Å². The van der Waals surface area contributed by atoms with Crippen molar-refractivity contribution in [2.45, 2.75) is 87.2 Å². The zero-order valence-electron chi connectivity index (χ0n) is 22.0. The van der Waals surface area contributed by atoms with Crippen molar-refractivity contribution in [3.05, 3.63) is 18.5 Å². The summed E-state index contributed by atoms with van der Waals surface area (Å²) >= 11 is 0. The Balaban J connectivity index is 1.07. The quantitative estimate of drug-likeness (QED) is 0.445. The lowest BCUT2D eigenvalue weighted by atomic mass is 9.97. The lowest BCUT2D eigenvalue weighted by Gasteiger charge is -2.40. The van der Waals surface area contributed by atoms with Crippen LogP contribution < -0.4 is 10.2 Å². The number of ether oxygens (including phenoxy) is 1. The number of rotatable bonds is 7. The molecule has 13 heteroatoms. The average molecular weight is 557 g/mol. The molecule has 0 bridgehead atoms. The Labute approximate surface area is 228 Å². The maximum absolute atomic E-state index is 14.9. The van der Waals surface area contributed by atoms with Gasteiger partial charge in [0.25, 0.3) is 5.92 Å². The normalized spacial score (nSPS) is 24.4. The summed E-state index contributed by atoms with van der Waals surface area (Å²) in [5.41, 5.74) is 0.284. The molecule has 0 aromatic carbocycles. The molecular formula is C27H31F3N8O2. The van der Waals surface area contributed by atoms with E-state index < -0.39 is 29.7 Å². The van der Waals surface area contributed by atoms with Crippen LogP contribution in [0.1, 0.15) is 51.4 Å². The lowest BCUT2D eigenvalue weighted by molar-refractivity contribution is -0.0721. The fourth-order valence-corrected chi connectivity index (χ4v) is 6.02. The lowest BCUT2D eigenvalue weighted by Crippen LogP contribution is -2.54. The molecule has 40 heavy (non-hydrogen) atoms. The number of alkyl halides is 3. The molecule has 2 N–H and O–H groups in total. The molecule has 1 spiro atoms. The first-order valence-corrected chi connectivity index (χ1v) is 14.2. The van der Waals surface area contributed by atoms with Crippen molar-refractivity contribution in [2.24, 2.45) is 0 Å². The molecule has 5 aliphatic rings. The maximum Gasteiger partial charge on any atom is 0.322 e. The monoisotopic (exact) mass is 556 g/mol. The Kier molecular flexibility index (Phi) is 5.10. The number of carbonyl (C=O) groups excluding carboxylic acids is 1. The van der Waals surface area contributed by atoms with Gasteiger partial charge in [-0.05, 0) is 51.0 Å². The molecule has 3 aromatic rings. The highest BCUT2D eigenvalue weighted by atomic mass is 19.3. The Bertz CT molecular complexity index is 1490. The van der Waals surface area contributed by atoms with Gasteiger partial charge in [-0.15, -0.1) is 0 Å². The van der Waals surface area contributed by atoms with Gasteiger partial charge in [-0.3, -0.25) is 14.8 Å². The Hall–Kier alpha value is -3.35. The number of anilines is 2. The van der Waals surface area contributed by atoms with Gasteiger partial charge in [0.15, 0.2) is 5.82 Å². The Morgan fingerprint density at radius 2 is 1.85 bits per heavy atom. The Morgan fingerprint density at radius 1 is 1.07 bits per heavy atom. The van der Waals surface area contributed by atoms with Gasteiger partial charge >= 0.3 is 6.03 Å². The smallest absolute Gasteiger partial charge is 0.322 e. The number of aromatic amines is 1. The van der Waals surface area contributed by atoms with E-state index in [4.69, 9.17) is 9.84 Å². The highest BCUT2D eigenvalue weighted by Gasteiger charge is 2.57. The standard InChI is InChI=1S/C27H31F3N8O2/c28-25(3-4-25)14-38-21-9-19(31-10-18(21)23(35-38)36-12-17(13-36)40-16-1-2-16)22-20(11-32-34-22)33-24(39)37-15-27(29,30)8-7-26(37)5-6-26/h9-11,16-17H,1-8,12-15H2,(H,32,34)(H,33,39). The fourth-order valence-electron chi connectivity index (χ4n) is 6.02. The molecule has 2 amide bonds. The van der Waals surface area contributed by atoms with Gasteiger partial charge in [-0.1, -0.05) is 0 Å². The van der Waals surface area contributed by atoms with E-state index in [-0.39, 0.29) is 19.1 Å². The van der Waals surface area contributed by atoms with Crippen molar-refractivity contribution in [1.82, 2.24) is 29.9 Å². The topological polar surface area (TPSA) is 104 Å². The van der Waals surface area contributed by atoms with Crippen LogP contribution in [0.4, 0.5) is 29.5 Å². The first kappa shape index (κ1) is 24.4. The van der Waals surface area contributed by atoms with Crippen LogP contribution in [-0.4, -0.2) is 84.9 Å². The molecule has 5 heterocycles. The zero-order valence-corrected chi connectivity index (χ0v) is 22.0. The summed E-state index contributed by atoms with van der Waals surface area (Å²) in [5.74, 6) is -2.14. The summed E-state index contributed by atoms with van der Waals surface area (Å²) in [6.45, 7) is 1.03. The number of piperidine rings is 1. The number of hydrogen-bond acceptors (Lipinski definition) is 6. The van der Waals surface area contributed by atoms with E-state index in [9.17, 15) is 18.0 Å². The minimum Gasteiger partial charge on any atom is -0.371 e. The van der Waals surface area contributed by atoms with Gasteiger partial charge in [0.1, 0.15) is 11.4 Å². The summed E-state index contributed by atoms with van der Waals surface area (Å²) in [6, 6.07) is 1.25. The second-order valence-corrected chi connectivity index (χ2v) is 12.3. The first-order valence-electron chi connectivity index (χ1n) is 14.2. The summed E-state index contributed by atoms with van der Waals surface area (Å²) in [5, 5.41) is 15.4. The number of fused-ring (bicyclic) bond motifs is 1. The molecule has 3 aliphatic carbocycles. The number of nitrogens with zero attached hydrogens (tertiary/aromatic N) is 6. The number of urea groups is 1. The third kappa shape index (κ3) is 4.29. The van der Waals surface area contributed by atoms with E-state index in [1.54, 1.807) is 10.9 Å². The predicted molar refractivity (Wildman–Crippen MR) is 140 cm³/mol. The van der Waals surface area contributed by atoms with Crippen LogP contribution in [0.3, 0.4) is 0 Å². The molecule has 0 atom stereocenters. The third-order valence-electron chi connectivity index (χ3n) is 9.03. The minimum atomic E-state index is -2.90. The summed E-state index contributed by atoms with van der Waals surface area (Å²) in [4.78, 5) is 21.2. The minimum absolute atomic E-state index is 0.153. The molecule has 212 valence electrons. The molecule has 3 aromatic heterocycles. The number of aromatic nitrogens is 5. The van der Waals surface area contributed by atoms with E-state index in [0.717, 1.165) is 55.5 Å². The van der Waals surface area contributed by atoms with E-state index in [2.05, 4.69) is 25.4 Å². The van der Waals surface area contributed by atoms with Crippen molar-refractivity contribution in [1.29, 1.82) is 0 Å². The average Bonchev–Trinajstić information content (AvgIpc) is 3.85. The molecular weight excluding hydrogens is 525 g/mol. The molecule has 0 unspecified atom stereocenters. The van der Waals surface area contributed by atoms with Gasteiger partial charge < -0.3 is 19.9 Å². The third-order valence-corrected chi connectivity index (χ3v) is 9.03. The van der Waals surface area contributed by atoms with Gasteiger partial charge in [0, 0.05) is 31.2 Å². The number of amides is 2. The largest absolute Gasteiger partial charge is 0.371 e. The predicted octanol–water partition coefficient (Wildman–Crippen LogP) is 4.49. The molecule has 2 aliphatic heterocycles. The number of likely N-dealkylation sites (tertiary alicyclic amines) is 1. The van der Waals surface area contributed by atoms with E-state index >= 15 is 0 Å². The molecule has 10 nitrogen and oxygen atoms in total. The van der Waals surface area contributed by atoms with Gasteiger partial charge in [-0.25, -0.2) is 18.0 Å². The van der Waals surface area contributed by atoms with E-state index in [1.165, 1.54) is 11.1 Å². The van der Waals surface area contributed by atoms with Crippen LogP contribution in [0.15, 0.2) is 18.5 Å². The SMILES string of the molecule is O=C(Nc1cn[nH]c1-c1cc2c(cn1)c(N1CC(OC3CC3)C1)nn2CC1(F)CC1)N1CC(F)(F)CCC12CC2. The molecule has 3 saturated carbocycles. The zero-order chi connectivity index (χ0) is 27.3. The Morgan fingerprint density at radius 3 is 2.58 bits per heavy atom. The summed E-state index contributed by atoms with van der Waals surface area (Å²) in [6.07, 6.45) is 8.58. The molecule has 5 fully saturated rings. The maximum atomic E-state index is 14.9. The number of carbonyl (C=O) groups is 1.